The van der Waals surface area contributed by atoms with Crippen molar-refractivity contribution in [2.45, 2.75) is 50.7 Å². The van der Waals surface area contributed by atoms with Gasteiger partial charge in [0, 0.05) is 19.1 Å². The van der Waals surface area contributed by atoms with Gasteiger partial charge in [-0.3, -0.25) is 0 Å². The van der Waals surface area contributed by atoms with Gasteiger partial charge in [-0.1, -0.05) is 0 Å². The van der Waals surface area contributed by atoms with Crippen LogP contribution in [0.1, 0.15) is 38.5 Å². The Morgan fingerprint density at radius 1 is 1.27 bits per heavy atom. The van der Waals surface area contributed by atoms with Crippen LogP contribution in [0.2, 0.25) is 0 Å². The van der Waals surface area contributed by atoms with Gasteiger partial charge in [0.05, 0.1) is 12.2 Å². The number of hydrogen-bond donors (Lipinski definition) is 1. The van der Waals surface area contributed by atoms with Crippen LogP contribution in [-0.2, 0) is 4.74 Å². The highest BCUT2D eigenvalue weighted by molar-refractivity contribution is 4.93. The van der Waals surface area contributed by atoms with E-state index in [4.69, 9.17) is 10.00 Å². The van der Waals surface area contributed by atoms with E-state index in [-0.39, 0.29) is 0 Å². The molecule has 2 rings (SSSR count). The first-order valence-electron chi connectivity index (χ1n) is 6.14. The van der Waals surface area contributed by atoms with Gasteiger partial charge in [0.2, 0.25) is 0 Å². The van der Waals surface area contributed by atoms with E-state index < -0.39 is 0 Å². The van der Waals surface area contributed by atoms with Gasteiger partial charge in [0.1, 0.15) is 0 Å². The van der Waals surface area contributed by atoms with E-state index in [1.54, 1.807) is 0 Å². The summed E-state index contributed by atoms with van der Waals surface area (Å²) in [6.45, 7) is 1.97. The number of unbranched alkanes of at least 4 members (excludes halogenated alkanes) is 2. The van der Waals surface area contributed by atoms with Gasteiger partial charge < -0.3 is 10.1 Å². The smallest absolute Gasteiger partial charge is 0.0756 e. The Labute approximate surface area is 91.8 Å². The van der Waals surface area contributed by atoms with Gasteiger partial charge in [0.15, 0.2) is 0 Å². The van der Waals surface area contributed by atoms with E-state index in [1.165, 1.54) is 19.3 Å². The number of rotatable bonds is 6. The minimum Gasteiger partial charge on any atom is -0.376 e. The van der Waals surface area contributed by atoms with E-state index in [1.807, 2.05) is 0 Å². The molecule has 15 heavy (non-hydrogen) atoms. The maximum atomic E-state index is 8.41. The lowest BCUT2D eigenvalue weighted by atomic mass is 10.1. The molecule has 1 heterocycles. The second kappa shape index (κ2) is 5.48. The van der Waals surface area contributed by atoms with Crippen molar-refractivity contribution in [3.8, 4) is 6.07 Å². The largest absolute Gasteiger partial charge is 0.376 e. The van der Waals surface area contributed by atoms with Crippen LogP contribution in [0.15, 0.2) is 0 Å². The normalized spacial score (nSPS) is 30.3. The third kappa shape index (κ3) is 3.19. The predicted octanol–water partition coefficient (Wildman–Crippen LogP) is 1.84. The molecular weight excluding hydrogens is 188 g/mol. The lowest BCUT2D eigenvalue weighted by molar-refractivity contribution is 0.0811. The van der Waals surface area contributed by atoms with Crippen molar-refractivity contribution in [1.29, 1.82) is 5.26 Å². The Bertz CT molecular complexity index is 232. The monoisotopic (exact) mass is 208 g/mol. The fourth-order valence-electron chi connectivity index (χ4n) is 2.34. The molecule has 3 nitrogen and oxygen atoms in total. The molecule has 1 saturated carbocycles. The zero-order valence-corrected chi connectivity index (χ0v) is 9.24. The molecule has 0 aromatic rings. The summed E-state index contributed by atoms with van der Waals surface area (Å²) in [6, 6.07) is 2.76. The Kier molecular flexibility index (Phi) is 3.99. The van der Waals surface area contributed by atoms with Crippen molar-refractivity contribution in [3.63, 3.8) is 0 Å². The molecule has 0 amide bonds. The summed E-state index contributed by atoms with van der Waals surface area (Å²) in [5.41, 5.74) is 0. The maximum Gasteiger partial charge on any atom is 0.0756 e. The van der Waals surface area contributed by atoms with Gasteiger partial charge in [0.25, 0.3) is 0 Å². The van der Waals surface area contributed by atoms with Gasteiger partial charge in [-0.25, -0.2) is 0 Å². The standard InChI is InChI=1S/C12H20N2O/c13-7-2-1-3-8-14-11-6-9-15-12(11)10-4-5-10/h10-12,14H,1-6,8-9H2. The van der Waals surface area contributed by atoms with Crippen molar-refractivity contribution in [2.75, 3.05) is 13.2 Å². The Hall–Kier alpha value is -0.590. The number of nitrogens with one attached hydrogen (secondary N) is 1. The van der Waals surface area contributed by atoms with Gasteiger partial charge >= 0.3 is 0 Å². The van der Waals surface area contributed by atoms with Crippen LogP contribution in [0, 0.1) is 17.2 Å². The van der Waals surface area contributed by atoms with Crippen molar-refractivity contribution in [1.82, 2.24) is 5.32 Å². The highest BCUT2D eigenvalue weighted by Gasteiger charge is 2.40. The average molecular weight is 208 g/mol. The summed E-state index contributed by atoms with van der Waals surface area (Å²) in [7, 11) is 0. The zero-order valence-electron chi connectivity index (χ0n) is 9.24. The van der Waals surface area contributed by atoms with Crippen LogP contribution in [0.5, 0.6) is 0 Å². The SMILES string of the molecule is N#CCCCCNC1CCOC1C1CC1. The molecule has 1 N–H and O–H groups in total. The Morgan fingerprint density at radius 3 is 2.87 bits per heavy atom. The molecule has 1 aliphatic carbocycles. The topological polar surface area (TPSA) is 45.0 Å². The van der Waals surface area contributed by atoms with Crippen molar-refractivity contribution < 1.29 is 4.74 Å². The second-order valence-corrected chi connectivity index (χ2v) is 4.64. The third-order valence-electron chi connectivity index (χ3n) is 3.34. The summed E-state index contributed by atoms with van der Waals surface area (Å²) in [5, 5.41) is 12.0. The van der Waals surface area contributed by atoms with Crippen molar-refractivity contribution >= 4 is 0 Å². The van der Waals surface area contributed by atoms with Crippen LogP contribution in [0.3, 0.4) is 0 Å². The maximum absolute atomic E-state index is 8.41. The van der Waals surface area contributed by atoms with Gasteiger partial charge in [-0.05, 0) is 44.6 Å². The first kappa shape index (κ1) is 10.9. The lowest BCUT2D eigenvalue weighted by Crippen LogP contribution is -2.38. The summed E-state index contributed by atoms with van der Waals surface area (Å²) in [4.78, 5) is 0. The van der Waals surface area contributed by atoms with E-state index in [9.17, 15) is 0 Å². The van der Waals surface area contributed by atoms with Crippen LogP contribution in [-0.4, -0.2) is 25.3 Å². The van der Waals surface area contributed by atoms with Crippen molar-refractivity contribution in [2.24, 2.45) is 5.92 Å². The molecule has 2 aliphatic rings. The summed E-state index contributed by atoms with van der Waals surface area (Å²) < 4.78 is 5.75. The quantitative estimate of drug-likeness (QED) is 0.677. The molecule has 1 saturated heterocycles. The fraction of sp³-hybridized carbons (Fsp3) is 0.917. The highest BCUT2D eigenvalue weighted by Crippen LogP contribution is 2.38. The number of ether oxygens (including phenoxy) is 1. The summed E-state index contributed by atoms with van der Waals surface area (Å²) in [5.74, 6) is 0.837. The average Bonchev–Trinajstić information content (AvgIpc) is 2.99. The number of nitrogens with zero attached hydrogens (tertiary/aromatic N) is 1. The molecule has 2 unspecified atom stereocenters. The summed E-state index contributed by atoms with van der Waals surface area (Å²) >= 11 is 0. The Morgan fingerprint density at radius 2 is 2.13 bits per heavy atom. The van der Waals surface area contributed by atoms with Crippen LogP contribution < -0.4 is 5.32 Å². The second-order valence-electron chi connectivity index (χ2n) is 4.64. The molecule has 3 heteroatoms. The van der Waals surface area contributed by atoms with Gasteiger partial charge in [-0.2, -0.15) is 5.26 Å². The summed E-state index contributed by atoms with van der Waals surface area (Å²) in [6.07, 6.45) is 7.19. The van der Waals surface area contributed by atoms with Crippen molar-refractivity contribution in [3.05, 3.63) is 0 Å². The molecule has 0 aromatic heterocycles. The first-order valence-corrected chi connectivity index (χ1v) is 6.14. The predicted molar refractivity (Wildman–Crippen MR) is 58.3 cm³/mol. The fourth-order valence-corrected chi connectivity index (χ4v) is 2.34. The van der Waals surface area contributed by atoms with E-state index >= 15 is 0 Å². The molecule has 1 aliphatic heterocycles. The third-order valence-corrected chi connectivity index (χ3v) is 3.34. The van der Waals surface area contributed by atoms with E-state index in [0.717, 1.165) is 31.9 Å². The van der Waals surface area contributed by atoms with Crippen LogP contribution >= 0.6 is 0 Å². The van der Waals surface area contributed by atoms with E-state index in [0.29, 0.717) is 18.6 Å². The first-order chi connectivity index (χ1) is 7.42. The highest BCUT2D eigenvalue weighted by atomic mass is 16.5. The molecule has 0 bridgehead atoms. The van der Waals surface area contributed by atoms with E-state index in [2.05, 4.69) is 11.4 Å². The zero-order chi connectivity index (χ0) is 10.5. The van der Waals surface area contributed by atoms with Crippen LogP contribution in [0.25, 0.3) is 0 Å². The van der Waals surface area contributed by atoms with Crippen LogP contribution in [0.4, 0.5) is 0 Å². The molecule has 0 radical (unpaired) electrons. The molecule has 2 atom stereocenters. The molecule has 0 aromatic carbocycles. The lowest BCUT2D eigenvalue weighted by Gasteiger charge is -2.19. The molecule has 84 valence electrons. The minimum absolute atomic E-state index is 0.487. The number of nitriles is 1. The van der Waals surface area contributed by atoms with Gasteiger partial charge in [-0.15, -0.1) is 0 Å². The minimum atomic E-state index is 0.487. The Balaban J connectivity index is 1.59. The molecular formula is C12H20N2O. The molecule has 0 spiro atoms. The molecule has 2 fully saturated rings. The number of hydrogen-bond acceptors (Lipinski definition) is 3.